The lowest BCUT2D eigenvalue weighted by atomic mass is 9.98. The Kier molecular flexibility index (Phi) is 10.3. The third-order valence-electron chi connectivity index (χ3n) is 5.90. The SMILES string of the molecule is CCNC(=NCC1CCN(S(C)(=O)=O)CC1)NC1CCN(c2cccc(F)c2)CC1.I. The molecule has 7 nitrogen and oxygen atoms in total. The molecule has 2 aliphatic rings. The fourth-order valence-corrected chi connectivity index (χ4v) is 4.99. The number of sulfonamides is 1. The van der Waals surface area contributed by atoms with Crippen molar-refractivity contribution in [2.45, 2.75) is 38.6 Å². The van der Waals surface area contributed by atoms with Crippen LogP contribution in [0.3, 0.4) is 0 Å². The minimum atomic E-state index is -3.09. The van der Waals surface area contributed by atoms with Crippen molar-refractivity contribution >= 4 is 45.6 Å². The summed E-state index contributed by atoms with van der Waals surface area (Å²) in [5, 5.41) is 6.87. The summed E-state index contributed by atoms with van der Waals surface area (Å²) in [6.07, 6.45) is 4.91. The lowest BCUT2D eigenvalue weighted by molar-refractivity contribution is 0.280. The van der Waals surface area contributed by atoms with Gasteiger partial charge in [0.15, 0.2) is 5.96 Å². The van der Waals surface area contributed by atoms with Crippen LogP contribution in [0.2, 0.25) is 0 Å². The summed E-state index contributed by atoms with van der Waals surface area (Å²) < 4.78 is 38.3. The molecule has 0 spiro atoms. The highest BCUT2D eigenvalue weighted by atomic mass is 127. The number of piperidine rings is 2. The zero-order valence-electron chi connectivity index (χ0n) is 18.4. The summed E-state index contributed by atoms with van der Waals surface area (Å²) in [5.41, 5.74) is 0.939. The van der Waals surface area contributed by atoms with Gasteiger partial charge >= 0.3 is 0 Å². The van der Waals surface area contributed by atoms with E-state index in [1.807, 2.05) is 13.0 Å². The number of nitrogens with zero attached hydrogens (tertiary/aromatic N) is 3. The number of hydrogen-bond acceptors (Lipinski definition) is 4. The number of anilines is 1. The predicted octanol–water partition coefficient (Wildman–Crippen LogP) is 2.64. The Morgan fingerprint density at radius 3 is 2.42 bits per heavy atom. The van der Waals surface area contributed by atoms with Crippen molar-refractivity contribution < 1.29 is 12.8 Å². The van der Waals surface area contributed by atoms with E-state index in [0.29, 0.717) is 31.6 Å². The van der Waals surface area contributed by atoms with Crippen LogP contribution in [0, 0.1) is 11.7 Å². The van der Waals surface area contributed by atoms with Crippen LogP contribution in [-0.2, 0) is 10.0 Å². The number of guanidine groups is 1. The van der Waals surface area contributed by atoms with E-state index in [1.54, 1.807) is 16.4 Å². The Labute approximate surface area is 202 Å². The Balaban J connectivity index is 0.00000341. The average molecular weight is 568 g/mol. The Bertz CT molecular complexity index is 823. The summed E-state index contributed by atoms with van der Waals surface area (Å²) >= 11 is 0. The topological polar surface area (TPSA) is 77.0 Å². The molecule has 2 heterocycles. The summed E-state index contributed by atoms with van der Waals surface area (Å²) in [4.78, 5) is 6.99. The van der Waals surface area contributed by atoms with Gasteiger partial charge in [0.2, 0.25) is 10.0 Å². The Morgan fingerprint density at radius 2 is 1.84 bits per heavy atom. The molecule has 0 atom stereocenters. The smallest absolute Gasteiger partial charge is 0.211 e. The van der Waals surface area contributed by atoms with E-state index in [1.165, 1.54) is 12.3 Å². The van der Waals surface area contributed by atoms with E-state index in [-0.39, 0.29) is 29.8 Å². The van der Waals surface area contributed by atoms with E-state index in [9.17, 15) is 12.8 Å². The molecule has 2 fully saturated rings. The third-order valence-corrected chi connectivity index (χ3v) is 7.21. The fourth-order valence-electron chi connectivity index (χ4n) is 4.11. The van der Waals surface area contributed by atoms with Crippen molar-refractivity contribution in [1.29, 1.82) is 0 Å². The minimum Gasteiger partial charge on any atom is -0.371 e. The van der Waals surface area contributed by atoms with Crippen molar-refractivity contribution in [1.82, 2.24) is 14.9 Å². The van der Waals surface area contributed by atoms with E-state index in [2.05, 4.69) is 15.5 Å². The van der Waals surface area contributed by atoms with Gasteiger partial charge in [-0.3, -0.25) is 4.99 Å². The molecule has 3 rings (SSSR count). The lowest BCUT2D eigenvalue weighted by Crippen LogP contribution is -2.49. The average Bonchev–Trinajstić information content (AvgIpc) is 2.72. The molecule has 0 aliphatic carbocycles. The van der Waals surface area contributed by atoms with Crippen LogP contribution in [-0.4, -0.2) is 70.2 Å². The van der Waals surface area contributed by atoms with Crippen LogP contribution in [0.4, 0.5) is 10.1 Å². The highest BCUT2D eigenvalue weighted by Gasteiger charge is 2.25. The highest BCUT2D eigenvalue weighted by molar-refractivity contribution is 14.0. The van der Waals surface area contributed by atoms with Crippen LogP contribution < -0.4 is 15.5 Å². The molecule has 31 heavy (non-hydrogen) atoms. The van der Waals surface area contributed by atoms with Crippen LogP contribution in [0.5, 0.6) is 0 Å². The van der Waals surface area contributed by atoms with Gasteiger partial charge < -0.3 is 15.5 Å². The maximum atomic E-state index is 13.5. The molecule has 0 saturated carbocycles. The lowest BCUT2D eigenvalue weighted by Gasteiger charge is -2.34. The van der Waals surface area contributed by atoms with Crippen molar-refractivity contribution in [3.63, 3.8) is 0 Å². The van der Waals surface area contributed by atoms with Crippen molar-refractivity contribution in [2.75, 3.05) is 50.4 Å². The molecular weight excluding hydrogens is 532 g/mol. The monoisotopic (exact) mass is 567 g/mol. The van der Waals surface area contributed by atoms with Crippen molar-refractivity contribution in [2.24, 2.45) is 10.9 Å². The molecule has 2 N–H and O–H groups in total. The first-order valence-corrected chi connectivity index (χ1v) is 12.7. The maximum Gasteiger partial charge on any atom is 0.211 e. The molecule has 0 unspecified atom stereocenters. The second-order valence-electron chi connectivity index (χ2n) is 8.21. The van der Waals surface area contributed by atoms with E-state index in [0.717, 1.165) is 57.0 Å². The second-order valence-corrected chi connectivity index (χ2v) is 10.2. The zero-order valence-corrected chi connectivity index (χ0v) is 21.5. The molecule has 0 amide bonds. The van der Waals surface area contributed by atoms with Gasteiger partial charge in [-0.15, -0.1) is 24.0 Å². The number of aliphatic imine (C=N–C) groups is 1. The first-order valence-electron chi connectivity index (χ1n) is 10.9. The van der Waals surface area contributed by atoms with Gasteiger partial charge in [0.1, 0.15) is 5.82 Å². The van der Waals surface area contributed by atoms with Gasteiger partial charge in [0.05, 0.1) is 6.26 Å². The fraction of sp³-hybridized carbons (Fsp3) is 0.667. The molecule has 0 radical (unpaired) electrons. The van der Waals surface area contributed by atoms with Gasteiger partial charge in [0, 0.05) is 51.0 Å². The van der Waals surface area contributed by atoms with Gasteiger partial charge in [-0.2, -0.15) is 0 Å². The van der Waals surface area contributed by atoms with Crippen LogP contribution in [0.1, 0.15) is 32.6 Å². The summed E-state index contributed by atoms with van der Waals surface area (Å²) in [6, 6.07) is 7.11. The normalized spacial score (nSPS) is 19.7. The molecule has 10 heteroatoms. The Morgan fingerprint density at radius 1 is 1.16 bits per heavy atom. The van der Waals surface area contributed by atoms with Crippen molar-refractivity contribution in [3.8, 4) is 0 Å². The number of nitrogens with one attached hydrogen (secondary N) is 2. The molecular formula is C21H35FIN5O2S. The standard InChI is InChI=1S/C21H34FN5O2S.HI/c1-3-23-21(24-16-17-7-13-27(14-8-17)30(2,28)29)25-19-9-11-26(12-10-19)20-6-4-5-18(22)15-20;/h4-6,15,17,19H,3,7-14,16H2,1-2H3,(H2,23,24,25);1H. The molecule has 2 saturated heterocycles. The van der Waals surface area contributed by atoms with Gasteiger partial charge in [-0.25, -0.2) is 17.1 Å². The van der Waals surface area contributed by atoms with E-state index >= 15 is 0 Å². The molecule has 0 bridgehead atoms. The largest absolute Gasteiger partial charge is 0.371 e. The van der Waals surface area contributed by atoms with Crippen LogP contribution in [0.15, 0.2) is 29.3 Å². The molecule has 0 aromatic heterocycles. The highest BCUT2D eigenvalue weighted by Crippen LogP contribution is 2.21. The summed E-state index contributed by atoms with van der Waals surface area (Å²) in [5.74, 6) is 1.04. The molecule has 1 aromatic carbocycles. The molecule has 1 aromatic rings. The van der Waals surface area contributed by atoms with Gasteiger partial charge in [-0.05, 0) is 56.7 Å². The number of rotatable bonds is 6. The second kappa shape index (κ2) is 12.2. The quantitative estimate of drug-likeness (QED) is 0.314. The van der Waals surface area contributed by atoms with Gasteiger partial charge in [0.25, 0.3) is 0 Å². The number of benzene rings is 1. The zero-order chi connectivity index (χ0) is 21.6. The Hall–Kier alpha value is -1.14. The first kappa shape index (κ1) is 26.1. The third kappa shape index (κ3) is 8.05. The number of halogens is 2. The van der Waals surface area contributed by atoms with Gasteiger partial charge in [-0.1, -0.05) is 6.07 Å². The van der Waals surface area contributed by atoms with Crippen molar-refractivity contribution in [3.05, 3.63) is 30.1 Å². The summed E-state index contributed by atoms with van der Waals surface area (Å²) in [6.45, 7) is 6.47. The minimum absolute atomic E-state index is 0. The number of hydrogen-bond donors (Lipinski definition) is 2. The maximum absolute atomic E-state index is 13.5. The van der Waals surface area contributed by atoms with Crippen LogP contribution in [0.25, 0.3) is 0 Å². The van der Waals surface area contributed by atoms with E-state index < -0.39 is 10.0 Å². The molecule has 2 aliphatic heterocycles. The predicted molar refractivity (Wildman–Crippen MR) is 135 cm³/mol. The summed E-state index contributed by atoms with van der Waals surface area (Å²) in [7, 11) is -3.09. The molecule has 176 valence electrons. The van der Waals surface area contributed by atoms with E-state index in [4.69, 9.17) is 4.99 Å². The van der Waals surface area contributed by atoms with Crippen LogP contribution >= 0.6 is 24.0 Å². The first-order chi connectivity index (χ1) is 14.3.